The number of nitrogens with zero attached hydrogens (tertiary/aromatic N) is 2. The molecule has 0 spiro atoms. The van der Waals surface area contributed by atoms with E-state index in [1.807, 2.05) is 6.07 Å². The van der Waals surface area contributed by atoms with Crippen LogP contribution in [0, 0.1) is 25.2 Å². The van der Waals surface area contributed by atoms with Gasteiger partial charge in [-0.15, -0.1) is 0 Å². The van der Waals surface area contributed by atoms with E-state index in [1.54, 1.807) is 13.8 Å². The van der Waals surface area contributed by atoms with E-state index in [0.29, 0.717) is 21.8 Å². The second-order valence-electron chi connectivity index (χ2n) is 2.41. The number of nitriles is 1. The van der Waals surface area contributed by atoms with Crippen LogP contribution in [0.25, 0.3) is 0 Å². The van der Waals surface area contributed by atoms with Crippen LogP contribution in [0.15, 0.2) is 0 Å². The number of hydrogen-bond acceptors (Lipinski definition) is 2. The minimum absolute atomic E-state index is 0.219. The van der Waals surface area contributed by atoms with Crippen molar-refractivity contribution in [1.82, 2.24) is 4.98 Å². The van der Waals surface area contributed by atoms with Crippen LogP contribution in [0.5, 0.6) is 0 Å². The number of aromatic nitrogens is 1. The van der Waals surface area contributed by atoms with Crippen LogP contribution in [0.4, 0.5) is 0 Å². The van der Waals surface area contributed by atoms with Gasteiger partial charge >= 0.3 is 0 Å². The molecule has 12 heavy (non-hydrogen) atoms. The SMILES string of the molecule is Cc1nc(Cl)c(C#N)c(C)c1Cl. The van der Waals surface area contributed by atoms with Gasteiger partial charge in [0.05, 0.1) is 16.3 Å². The van der Waals surface area contributed by atoms with Gasteiger partial charge in [0.15, 0.2) is 0 Å². The van der Waals surface area contributed by atoms with Crippen LogP contribution in [0.3, 0.4) is 0 Å². The summed E-state index contributed by atoms with van der Waals surface area (Å²) >= 11 is 11.6. The van der Waals surface area contributed by atoms with E-state index < -0.39 is 0 Å². The normalized spacial score (nSPS) is 9.58. The number of rotatable bonds is 0. The highest BCUT2D eigenvalue weighted by molar-refractivity contribution is 6.34. The Balaban J connectivity index is 3.54. The summed E-state index contributed by atoms with van der Waals surface area (Å²) in [6.45, 7) is 3.50. The topological polar surface area (TPSA) is 36.7 Å². The molecule has 4 heteroatoms. The molecular weight excluding hydrogens is 195 g/mol. The lowest BCUT2D eigenvalue weighted by Crippen LogP contribution is -1.93. The van der Waals surface area contributed by atoms with E-state index in [-0.39, 0.29) is 5.15 Å². The monoisotopic (exact) mass is 200 g/mol. The van der Waals surface area contributed by atoms with Crippen molar-refractivity contribution in [2.75, 3.05) is 0 Å². The van der Waals surface area contributed by atoms with E-state index in [4.69, 9.17) is 28.5 Å². The maximum atomic E-state index is 8.68. The Kier molecular flexibility index (Phi) is 2.56. The van der Waals surface area contributed by atoms with Crippen LogP contribution in [0.1, 0.15) is 16.8 Å². The molecule has 0 bridgehead atoms. The number of halogens is 2. The van der Waals surface area contributed by atoms with Gasteiger partial charge in [0.25, 0.3) is 0 Å². The van der Waals surface area contributed by atoms with Gasteiger partial charge in [0, 0.05) is 0 Å². The lowest BCUT2D eigenvalue weighted by atomic mass is 10.1. The zero-order chi connectivity index (χ0) is 9.30. The highest BCUT2D eigenvalue weighted by Gasteiger charge is 2.10. The molecule has 0 amide bonds. The minimum Gasteiger partial charge on any atom is -0.238 e. The molecule has 1 heterocycles. The minimum atomic E-state index is 0.219. The summed E-state index contributed by atoms with van der Waals surface area (Å²) in [6.07, 6.45) is 0. The first-order valence-corrected chi connectivity index (χ1v) is 4.05. The van der Waals surface area contributed by atoms with Gasteiger partial charge in [-0.3, -0.25) is 0 Å². The van der Waals surface area contributed by atoms with Crippen LogP contribution in [-0.2, 0) is 0 Å². The Labute approximate surface area is 80.7 Å². The second kappa shape index (κ2) is 3.30. The number of hydrogen-bond donors (Lipinski definition) is 0. The molecule has 0 saturated heterocycles. The van der Waals surface area contributed by atoms with Crippen LogP contribution >= 0.6 is 23.2 Å². The van der Waals surface area contributed by atoms with Gasteiger partial charge in [-0.2, -0.15) is 5.26 Å². The first-order valence-electron chi connectivity index (χ1n) is 3.30. The van der Waals surface area contributed by atoms with E-state index >= 15 is 0 Å². The number of pyridine rings is 1. The molecule has 0 aliphatic heterocycles. The fourth-order valence-corrected chi connectivity index (χ4v) is 1.37. The zero-order valence-corrected chi connectivity index (χ0v) is 8.16. The summed E-state index contributed by atoms with van der Waals surface area (Å²) in [7, 11) is 0. The standard InChI is InChI=1S/C8H6Cl2N2/c1-4-6(3-11)8(10)12-5(2)7(4)9/h1-2H3. The third-order valence-corrected chi connectivity index (χ3v) is 2.44. The lowest BCUT2D eigenvalue weighted by molar-refractivity contribution is 1.16. The Morgan fingerprint density at radius 2 is 1.92 bits per heavy atom. The highest BCUT2D eigenvalue weighted by Crippen LogP contribution is 2.25. The Morgan fingerprint density at radius 1 is 1.33 bits per heavy atom. The van der Waals surface area contributed by atoms with Gasteiger partial charge in [0.2, 0.25) is 0 Å². The van der Waals surface area contributed by atoms with Crippen molar-refractivity contribution in [3.05, 3.63) is 27.0 Å². The average molecular weight is 201 g/mol. The van der Waals surface area contributed by atoms with Crippen LogP contribution in [-0.4, -0.2) is 4.98 Å². The maximum Gasteiger partial charge on any atom is 0.147 e. The van der Waals surface area contributed by atoms with Gasteiger partial charge in [-0.1, -0.05) is 23.2 Å². The molecule has 0 unspecified atom stereocenters. The Bertz CT molecular complexity index is 366. The summed E-state index contributed by atoms with van der Waals surface area (Å²) in [5.41, 5.74) is 1.70. The lowest BCUT2D eigenvalue weighted by Gasteiger charge is -2.04. The molecule has 1 rings (SSSR count). The molecule has 1 aromatic heterocycles. The Hall–Kier alpha value is -0.780. The van der Waals surface area contributed by atoms with Gasteiger partial charge in [-0.05, 0) is 19.4 Å². The van der Waals surface area contributed by atoms with E-state index in [2.05, 4.69) is 4.98 Å². The van der Waals surface area contributed by atoms with Gasteiger partial charge in [-0.25, -0.2) is 4.98 Å². The molecule has 62 valence electrons. The summed E-state index contributed by atoms with van der Waals surface area (Å²) in [5.74, 6) is 0. The molecule has 2 nitrogen and oxygen atoms in total. The first-order chi connectivity index (χ1) is 5.57. The summed E-state index contributed by atoms with van der Waals surface area (Å²) in [5, 5.41) is 9.41. The summed E-state index contributed by atoms with van der Waals surface area (Å²) < 4.78 is 0. The Morgan fingerprint density at radius 3 is 2.42 bits per heavy atom. The molecule has 0 fully saturated rings. The van der Waals surface area contributed by atoms with Crippen molar-refractivity contribution >= 4 is 23.2 Å². The summed E-state index contributed by atoms with van der Waals surface area (Å²) in [4.78, 5) is 3.92. The van der Waals surface area contributed by atoms with Crippen molar-refractivity contribution in [3.63, 3.8) is 0 Å². The van der Waals surface area contributed by atoms with E-state index in [1.165, 1.54) is 0 Å². The van der Waals surface area contributed by atoms with Crippen LogP contribution in [0.2, 0.25) is 10.2 Å². The fourth-order valence-electron chi connectivity index (χ4n) is 0.918. The molecule has 0 aromatic carbocycles. The second-order valence-corrected chi connectivity index (χ2v) is 3.15. The molecule has 0 radical (unpaired) electrons. The van der Waals surface area contributed by atoms with E-state index in [0.717, 1.165) is 0 Å². The molecule has 0 aliphatic rings. The molecule has 1 aromatic rings. The van der Waals surface area contributed by atoms with Crippen molar-refractivity contribution in [2.24, 2.45) is 0 Å². The maximum absolute atomic E-state index is 8.68. The van der Waals surface area contributed by atoms with Gasteiger partial charge < -0.3 is 0 Å². The third kappa shape index (κ3) is 1.38. The largest absolute Gasteiger partial charge is 0.238 e. The molecule has 0 N–H and O–H groups in total. The predicted octanol–water partition coefficient (Wildman–Crippen LogP) is 2.88. The average Bonchev–Trinajstić information content (AvgIpc) is 2.01. The van der Waals surface area contributed by atoms with Crippen LogP contribution < -0.4 is 0 Å². The quantitative estimate of drug-likeness (QED) is 0.605. The molecule has 0 atom stereocenters. The smallest absolute Gasteiger partial charge is 0.147 e. The third-order valence-electron chi connectivity index (χ3n) is 1.61. The number of aryl methyl sites for hydroxylation is 1. The fraction of sp³-hybridized carbons (Fsp3) is 0.250. The molecular formula is C8H6Cl2N2. The van der Waals surface area contributed by atoms with Crippen molar-refractivity contribution in [1.29, 1.82) is 5.26 Å². The van der Waals surface area contributed by atoms with E-state index in [9.17, 15) is 0 Å². The first kappa shape index (κ1) is 9.31. The molecule has 0 saturated carbocycles. The van der Waals surface area contributed by atoms with Crippen molar-refractivity contribution < 1.29 is 0 Å². The van der Waals surface area contributed by atoms with Crippen molar-refractivity contribution in [3.8, 4) is 6.07 Å². The van der Waals surface area contributed by atoms with Gasteiger partial charge in [0.1, 0.15) is 11.2 Å². The van der Waals surface area contributed by atoms with Crippen molar-refractivity contribution in [2.45, 2.75) is 13.8 Å². The summed E-state index contributed by atoms with van der Waals surface area (Å²) in [6, 6.07) is 1.95. The zero-order valence-electron chi connectivity index (χ0n) is 6.65. The highest BCUT2D eigenvalue weighted by atomic mass is 35.5. The molecule has 0 aliphatic carbocycles. The predicted molar refractivity (Wildman–Crippen MR) is 48.4 cm³/mol.